The van der Waals surface area contributed by atoms with Gasteiger partial charge in [-0.05, 0) is 43.4 Å². The average Bonchev–Trinajstić information content (AvgIpc) is 3.27. The third kappa shape index (κ3) is 4.47. The molecule has 2 rings (SSSR count). The highest BCUT2D eigenvalue weighted by molar-refractivity contribution is 6.30. The molecule has 2 unspecified atom stereocenters. The molecule has 4 nitrogen and oxygen atoms in total. The first-order chi connectivity index (χ1) is 9.60. The Morgan fingerprint density at radius 1 is 1.45 bits per heavy atom. The Labute approximate surface area is 124 Å². The first-order valence-electron chi connectivity index (χ1n) is 6.88. The summed E-state index contributed by atoms with van der Waals surface area (Å²) < 4.78 is 5.51. The minimum absolute atomic E-state index is 0.164. The van der Waals surface area contributed by atoms with Crippen LogP contribution in [0.5, 0.6) is 0 Å². The number of benzene rings is 1. The Morgan fingerprint density at radius 2 is 2.10 bits per heavy atom. The normalized spacial score (nSPS) is 17.6. The lowest BCUT2D eigenvalue weighted by Crippen LogP contribution is -2.38. The number of amides is 1. The van der Waals surface area contributed by atoms with E-state index in [-0.39, 0.29) is 12.5 Å². The Balaban J connectivity index is 1.87. The van der Waals surface area contributed by atoms with Crippen LogP contribution >= 0.6 is 11.6 Å². The van der Waals surface area contributed by atoms with E-state index < -0.39 is 12.1 Å². The molecule has 1 aromatic carbocycles. The maximum Gasteiger partial charge on any atom is 0.249 e. The van der Waals surface area contributed by atoms with Crippen molar-refractivity contribution in [1.82, 2.24) is 5.32 Å². The van der Waals surface area contributed by atoms with Gasteiger partial charge in [-0.15, -0.1) is 0 Å². The van der Waals surface area contributed by atoms with Gasteiger partial charge in [-0.2, -0.15) is 0 Å². The number of halogens is 1. The van der Waals surface area contributed by atoms with E-state index in [1.54, 1.807) is 31.2 Å². The van der Waals surface area contributed by atoms with E-state index in [0.717, 1.165) is 5.56 Å². The molecule has 2 atom stereocenters. The van der Waals surface area contributed by atoms with E-state index in [4.69, 9.17) is 16.3 Å². The highest BCUT2D eigenvalue weighted by Gasteiger charge is 2.25. The highest BCUT2D eigenvalue weighted by Crippen LogP contribution is 2.29. The third-order valence-electron chi connectivity index (χ3n) is 3.42. The molecule has 0 saturated heterocycles. The van der Waals surface area contributed by atoms with Crippen molar-refractivity contribution < 1.29 is 14.6 Å². The molecule has 0 radical (unpaired) electrons. The van der Waals surface area contributed by atoms with Gasteiger partial charge in [-0.1, -0.05) is 23.7 Å². The van der Waals surface area contributed by atoms with Crippen molar-refractivity contribution in [2.75, 3.05) is 13.2 Å². The number of aliphatic hydroxyl groups excluding tert-OH is 1. The van der Waals surface area contributed by atoms with Gasteiger partial charge in [0.1, 0.15) is 6.10 Å². The lowest BCUT2D eigenvalue weighted by molar-refractivity contribution is -0.133. The molecule has 20 heavy (non-hydrogen) atoms. The zero-order valence-electron chi connectivity index (χ0n) is 11.5. The predicted molar refractivity (Wildman–Crippen MR) is 77.6 cm³/mol. The summed E-state index contributed by atoms with van der Waals surface area (Å²) in [6.07, 6.45) is 1.88. The summed E-state index contributed by atoms with van der Waals surface area (Å²) in [5.74, 6) is 0.412. The van der Waals surface area contributed by atoms with Crippen molar-refractivity contribution >= 4 is 17.5 Å². The molecule has 5 heteroatoms. The quantitative estimate of drug-likeness (QED) is 0.812. The standard InChI is InChI=1S/C15H20ClNO3/c1-10(20-9-11-2-3-11)15(19)17-14(8-18)12-4-6-13(16)7-5-12/h4-7,10-11,14,18H,2-3,8-9H2,1H3,(H,17,19). The van der Waals surface area contributed by atoms with E-state index >= 15 is 0 Å². The van der Waals surface area contributed by atoms with E-state index in [2.05, 4.69) is 5.32 Å². The van der Waals surface area contributed by atoms with Crippen LogP contribution in [0, 0.1) is 5.92 Å². The number of hydrogen-bond donors (Lipinski definition) is 2. The van der Waals surface area contributed by atoms with E-state index in [1.165, 1.54) is 12.8 Å². The molecule has 1 aliphatic carbocycles. The van der Waals surface area contributed by atoms with Gasteiger partial charge in [0, 0.05) is 5.02 Å². The van der Waals surface area contributed by atoms with Gasteiger partial charge in [-0.25, -0.2) is 0 Å². The van der Waals surface area contributed by atoms with Crippen LogP contribution in [0.3, 0.4) is 0 Å². The minimum atomic E-state index is -0.503. The number of carbonyl (C=O) groups is 1. The maximum absolute atomic E-state index is 12.0. The zero-order valence-corrected chi connectivity index (χ0v) is 12.3. The molecule has 0 spiro atoms. The van der Waals surface area contributed by atoms with Gasteiger partial charge in [0.2, 0.25) is 5.91 Å². The topological polar surface area (TPSA) is 58.6 Å². The van der Waals surface area contributed by atoms with Crippen molar-refractivity contribution in [1.29, 1.82) is 0 Å². The Morgan fingerprint density at radius 3 is 2.65 bits per heavy atom. The second kappa shape index (κ2) is 7.07. The fourth-order valence-corrected chi connectivity index (χ4v) is 1.99. The predicted octanol–water partition coefficient (Wildman–Crippen LogP) is 2.30. The maximum atomic E-state index is 12.0. The summed E-state index contributed by atoms with van der Waals surface area (Å²) in [6, 6.07) is 6.61. The van der Waals surface area contributed by atoms with Crippen molar-refractivity contribution in [2.45, 2.75) is 31.9 Å². The SMILES string of the molecule is CC(OCC1CC1)C(=O)NC(CO)c1ccc(Cl)cc1. The van der Waals surface area contributed by atoms with E-state index in [1.807, 2.05) is 0 Å². The molecule has 1 aliphatic rings. The Hall–Kier alpha value is -1.10. The van der Waals surface area contributed by atoms with Crippen LogP contribution in [0.4, 0.5) is 0 Å². The summed E-state index contributed by atoms with van der Waals surface area (Å²) in [4.78, 5) is 12.0. The Bertz CT molecular complexity index is 445. The summed E-state index contributed by atoms with van der Waals surface area (Å²) in [6.45, 7) is 2.20. The monoisotopic (exact) mass is 297 g/mol. The molecular weight excluding hydrogens is 278 g/mol. The van der Waals surface area contributed by atoms with Crippen molar-refractivity contribution in [3.05, 3.63) is 34.9 Å². The van der Waals surface area contributed by atoms with Gasteiger partial charge in [-0.3, -0.25) is 4.79 Å². The minimum Gasteiger partial charge on any atom is -0.394 e. The van der Waals surface area contributed by atoms with Crippen LogP contribution in [-0.2, 0) is 9.53 Å². The van der Waals surface area contributed by atoms with Crippen LogP contribution < -0.4 is 5.32 Å². The number of carbonyl (C=O) groups excluding carboxylic acids is 1. The van der Waals surface area contributed by atoms with Crippen LogP contribution in [-0.4, -0.2) is 30.3 Å². The van der Waals surface area contributed by atoms with Gasteiger partial charge in [0.15, 0.2) is 0 Å². The number of ether oxygens (including phenoxy) is 1. The van der Waals surface area contributed by atoms with Crippen LogP contribution in [0.1, 0.15) is 31.4 Å². The van der Waals surface area contributed by atoms with Crippen molar-refractivity contribution in [3.63, 3.8) is 0 Å². The van der Waals surface area contributed by atoms with Gasteiger partial charge < -0.3 is 15.2 Å². The summed E-state index contributed by atoms with van der Waals surface area (Å²) in [5, 5.41) is 12.8. The molecule has 0 bridgehead atoms. The smallest absolute Gasteiger partial charge is 0.249 e. The fraction of sp³-hybridized carbons (Fsp3) is 0.533. The number of aliphatic hydroxyl groups is 1. The average molecular weight is 298 g/mol. The van der Waals surface area contributed by atoms with E-state index in [0.29, 0.717) is 17.5 Å². The van der Waals surface area contributed by atoms with E-state index in [9.17, 15) is 9.90 Å². The number of hydrogen-bond acceptors (Lipinski definition) is 3. The number of rotatable bonds is 7. The van der Waals surface area contributed by atoms with Crippen molar-refractivity contribution in [3.8, 4) is 0 Å². The lowest BCUT2D eigenvalue weighted by atomic mass is 10.1. The van der Waals surface area contributed by atoms with Gasteiger partial charge in [0.25, 0.3) is 0 Å². The molecule has 0 aliphatic heterocycles. The summed E-state index contributed by atoms with van der Waals surface area (Å²) in [7, 11) is 0. The second-order valence-corrected chi connectivity index (χ2v) is 5.65. The molecule has 0 aromatic heterocycles. The molecule has 110 valence electrons. The van der Waals surface area contributed by atoms with Crippen LogP contribution in [0.15, 0.2) is 24.3 Å². The highest BCUT2D eigenvalue weighted by atomic mass is 35.5. The molecule has 1 fully saturated rings. The van der Waals surface area contributed by atoms with Gasteiger partial charge in [0.05, 0.1) is 19.3 Å². The molecule has 1 saturated carbocycles. The Kier molecular flexibility index (Phi) is 5.40. The lowest BCUT2D eigenvalue weighted by Gasteiger charge is -2.20. The molecule has 0 heterocycles. The first kappa shape index (κ1) is 15.3. The van der Waals surface area contributed by atoms with Crippen LogP contribution in [0.2, 0.25) is 5.02 Å². The second-order valence-electron chi connectivity index (χ2n) is 5.21. The molecule has 1 amide bonds. The molecule has 1 aromatic rings. The third-order valence-corrected chi connectivity index (χ3v) is 3.67. The molecular formula is C15H20ClNO3. The van der Waals surface area contributed by atoms with Gasteiger partial charge >= 0.3 is 0 Å². The van der Waals surface area contributed by atoms with Crippen LogP contribution in [0.25, 0.3) is 0 Å². The molecule has 2 N–H and O–H groups in total. The largest absolute Gasteiger partial charge is 0.394 e. The summed E-state index contributed by atoms with van der Waals surface area (Å²) in [5.41, 5.74) is 0.819. The van der Waals surface area contributed by atoms with Crippen molar-refractivity contribution in [2.24, 2.45) is 5.92 Å². The zero-order chi connectivity index (χ0) is 14.5. The fourth-order valence-electron chi connectivity index (χ4n) is 1.86. The number of nitrogens with one attached hydrogen (secondary N) is 1. The first-order valence-corrected chi connectivity index (χ1v) is 7.26. The summed E-state index contributed by atoms with van der Waals surface area (Å²) >= 11 is 5.82.